The number of hydrogen-bond donors (Lipinski definition) is 2. The molecule has 2 heterocycles. The van der Waals surface area contributed by atoms with Crippen molar-refractivity contribution in [2.24, 2.45) is 0 Å². The van der Waals surface area contributed by atoms with Gasteiger partial charge in [-0.25, -0.2) is 0 Å². The van der Waals surface area contributed by atoms with E-state index in [4.69, 9.17) is 9.47 Å². The minimum atomic E-state index is 0.459. The van der Waals surface area contributed by atoms with Crippen molar-refractivity contribution < 1.29 is 9.47 Å². The van der Waals surface area contributed by atoms with Crippen molar-refractivity contribution in [3.05, 3.63) is 0 Å². The number of hydrogen-bond acceptors (Lipinski definition) is 4. The third-order valence-electron chi connectivity index (χ3n) is 3.53. The normalized spacial score (nSPS) is 26.5. The lowest BCUT2D eigenvalue weighted by Crippen LogP contribution is -2.33. The van der Waals surface area contributed by atoms with Gasteiger partial charge in [0.1, 0.15) is 0 Å². The first-order chi connectivity index (χ1) is 8.45. The lowest BCUT2D eigenvalue weighted by Gasteiger charge is -2.23. The van der Waals surface area contributed by atoms with Gasteiger partial charge in [0.05, 0.1) is 12.2 Å². The Morgan fingerprint density at radius 2 is 2.12 bits per heavy atom. The highest BCUT2D eigenvalue weighted by Crippen LogP contribution is 2.10. The predicted octanol–water partition coefficient (Wildman–Crippen LogP) is 0.914. The highest BCUT2D eigenvalue weighted by atomic mass is 16.5. The summed E-state index contributed by atoms with van der Waals surface area (Å²) in [5.74, 6) is 0. The van der Waals surface area contributed by atoms with Crippen molar-refractivity contribution in [2.45, 2.75) is 44.3 Å². The number of nitrogens with one attached hydrogen (secondary N) is 2. The van der Waals surface area contributed by atoms with Crippen molar-refractivity contribution in [3.8, 4) is 0 Å². The van der Waals surface area contributed by atoms with Gasteiger partial charge in [0, 0.05) is 19.8 Å². The van der Waals surface area contributed by atoms with Crippen molar-refractivity contribution in [1.82, 2.24) is 10.6 Å². The molecule has 4 nitrogen and oxygen atoms in total. The van der Waals surface area contributed by atoms with Gasteiger partial charge in [0.15, 0.2) is 0 Å². The molecule has 2 rings (SSSR count). The molecule has 0 amide bonds. The van der Waals surface area contributed by atoms with E-state index in [0.29, 0.717) is 12.2 Å². The fourth-order valence-electron chi connectivity index (χ4n) is 2.48. The Morgan fingerprint density at radius 3 is 2.88 bits per heavy atom. The molecule has 0 aromatic carbocycles. The van der Waals surface area contributed by atoms with Gasteiger partial charge in [-0.1, -0.05) is 0 Å². The standard InChI is InChI=1S/C13H26N2O2/c1-3-13(17-9-1)11-15-6-2-10-16-12-4-7-14-8-5-12/h12-15H,1-11H2. The smallest absolute Gasteiger partial charge is 0.0700 e. The van der Waals surface area contributed by atoms with E-state index < -0.39 is 0 Å². The molecular weight excluding hydrogens is 216 g/mol. The van der Waals surface area contributed by atoms with E-state index in [1.54, 1.807) is 0 Å². The molecule has 2 fully saturated rings. The average Bonchev–Trinajstić information content (AvgIpc) is 2.88. The van der Waals surface area contributed by atoms with Crippen LogP contribution >= 0.6 is 0 Å². The summed E-state index contributed by atoms with van der Waals surface area (Å²) < 4.78 is 11.4. The van der Waals surface area contributed by atoms with E-state index in [-0.39, 0.29) is 0 Å². The average molecular weight is 242 g/mol. The van der Waals surface area contributed by atoms with Crippen LogP contribution in [0, 0.1) is 0 Å². The molecule has 0 aliphatic carbocycles. The molecule has 1 unspecified atom stereocenters. The zero-order valence-electron chi connectivity index (χ0n) is 10.7. The summed E-state index contributed by atoms with van der Waals surface area (Å²) in [5, 5.41) is 6.80. The van der Waals surface area contributed by atoms with E-state index in [1.165, 1.54) is 25.7 Å². The quantitative estimate of drug-likeness (QED) is 0.651. The largest absolute Gasteiger partial charge is 0.378 e. The predicted molar refractivity (Wildman–Crippen MR) is 68.3 cm³/mol. The minimum absolute atomic E-state index is 0.459. The Kier molecular flexibility index (Phi) is 6.27. The highest BCUT2D eigenvalue weighted by molar-refractivity contribution is 4.69. The van der Waals surface area contributed by atoms with Crippen LogP contribution in [-0.4, -0.2) is 51.6 Å². The SMILES string of the molecule is C(CNCC1CCCO1)COC1CCNCC1. The Hall–Kier alpha value is -0.160. The van der Waals surface area contributed by atoms with Crippen LogP contribution in [0.5, 0.6) is 0 Å². The van der Waals surface area contributed by atoms with Gasteiger partial charge in [-0.05, 0) is 51.7 Å². The first kappa shape index (κ1) is 13.3. The maximum Gasteiger partial charge on any atom is 0.0700 e. The molecule has 100 valence electrons. The molecule has 2 aliphatic rings. The van der Waals surface area contributed by atoms with E-state index >= 15 is 0 Å². The Labute approximate surface area is 104 Å². The second-order valence-corrected chi connectivity index (χ2v) is 5.01. The van der Waals surface area contributed by atoms with Crippen LogP contribution < -0.4 is 10.6 Å². The van der Waals surface area contributed by atoms with E-state index in [9.17, 15) is 0 Å². The van der Waals surface area contributed by atoms with Crippen molar-refractivity contribution in [2.75, 3.05) is 39.4 Å². The summed E-state index contributed by atoms with van der Waals surface area (Å²) in [5.41, 5.74) is 0. The fraction of sp³-hybridized carbons (Fsp3) is 1.00. The van der Waals surface area contributed by atoms with Gasteiger partial charge in [-0.15, -0.1) is 0 Å². The second-order valence-electron chi connectivity index (χ2n) is 5.01. The molecule has 0 saturated carbocycles. The van der Waals surface area contributed by atoms with Crippen molar-refractivity contribution in [1.29, 1.82) is 0 Å². The first-order valence-electron chi connectivity index (χ1n) is 7.10. The molecule has 0 radical (unpaired) electrons. The maximum atomic E-state index is 5.84. The molecule has 4 heteroatoms. The third-order valence-corrected chi connectivity index (χ3v) is 3.53. The van der Waals surface area contributed by atoms with E-state index in [0.717, 1.165) is 45.8 Å². The summed E-state index contributed by atoms with van der Waals surface area (Å²) in [6.07, 6.45) is 6.85. The molecule has 0 aromatic heterocycles. The zero-order chi connectivity index (χ0) is 11.8. The molecule has 0 aromatic rings. The maximum absolute atomic E-state index is 5.84. The van der Waals surface area contributed by atoms with Crippen LogP contribution in [0.25, 0.3) is 0 Å². The summed E-state index contributed by atoms with van der Waals surface area (Å²) >= 11 is 0. The Balaban J connectivity index is 1.38. The molecule has 0 spiro atoms. The van der Waals surface area contributed by atoms with Crippen LogP contribution in [0.15, 0.2) is 0 Å². The van der Waals surface area contributed by atoms with Crippen LogP contribution in [0.3, 0.4) is 0 Å². The van der Waals surface area contributed by atoms with Crippen LogP contribution in [-0.2, 0) is 9.47 Å². The van der Waals surface area contributed by atoms with Gasteiger partial charge in [-0.2, -0.15) is 0 Å². The fourth-order valence-corrected chi connectivity index (χ4v) is 2.48. The van der Waals surface area contributed by atoms with Gasteiger partial charge in [-0.3, -0.25) is 0 Å². The molecule has 0 bridgehead atoms. The number of piperidine rings is 1. The van der Waals surface area contributed by atoms with Gasteiger partial charge in [0.25, 0.3) is 0 Å². The number of ether oxygens (including phenoxy) is 2. The minimum Gasteiger partial charge on any atom is -0.378 e. The van der Waals surface area contributed by atoms with Crippen LogP contribution in [0.1, 0.15) is 32.1 Å². The molecule has 17 heavy (non-hydrogen) atoms. The highest BCUT2D eigenvalue weighted by Gasteiger charge is 2.14. The second kappa shape index (κ2) is 8.03. The Bertz CT molecular complexity index is 190. The zero-order valence-corrected chi connectivity index (χ0v) is 10.7. The molecule has 2 N–H and O–H groups in total. The van der Waals surface area contributed by atoms with Gasteiger partial charge in [0.2, 0.25) is 0 Å². The molecule has 2 saturated heterocycles. The summed E-state index contributed by atoms with van der Waals surface area (Å²) in [6.45, 7) is 6.12. The summed E-state index contributed by atoms with van der Waals surface area (Å²) in [6, 6.07) is 0. The molecule has 1 atom stereocenters. The van der Waals surface area contributed by atoms with Crippen LogP contribution in [0.4, 0.5) is 0 Å². The third kappa shape index (κ3) is 5.34. The lowest BCUT2D eigenvalue weighted by atomic mass is 10.1. The topological polar surface area (TPSA) is 42.5 Å². The van der Waals surface area contributed by atoms with Crippen molar-refractivity contribution in [3.63, 3.8) is 0 Å². The van der Waals surface area contributed by atoms with E-state index in [1.807, 2.05) is 0 Å². The summed E-state index contributed by atoms with van der Waals surface area (Å²) in [7, 11) is 0. The first-order valence-corrected chi connectivity index (χ1v) is 7.10. The van der Waals surface area contributed by atoms with Crippen molar-refractivity contribution >= 4 is 0 Å². The molecular formula is C13H26N2O2. The van der Waals surface area contributed by atoms with Gasteiger partial charge < -0.3 is 20.1 Å². The Morgan fingerprint density at radius 1 is 1.24 bits per heavy atom. The van der Waals surface area contributed by atoms with Gasteiger partial charge >= 0.3 is 0 Å². The van der Waals surface area contributed by atoms with Crippen LogP contribution in [0.2, 0.25) is 0 Å². The van der Waals surface area contributed by atoms with E-state index in [2.05, 4.69) is 10.6 Å². The summed E-state index contributed by atoms with van der Waals surface area (Å²) in [4.78, 5) is 0. The molecule has 2 aliphatic heterocycles. The number of rotatable bonds is 7. The monoisotopic (exact) mass is 242 g/mol. The lowest BCUT2D eigenvalue weighted by molar-refractivity contribution is 0.0313.